The molecule has 142 valence electrons. The summed E-state index contributed by atoms with van der Waals surface area (Å²) in [7, 11) is -3.41. The number of para-hydroxylation sites is 1. The van der Waals surface area contributed by atoms with Gasteiger partial charge in [-0.3, -0.25) is 0 Å². The number of ether oxygens (including phenoxy) is 1. The van der Waals surface area contributed by atoms with Crippen molar-refractivity contribution in [2.24, 2.45) is 0 Å². The highest BCUT2D eigenvalue weighted by atomic mass is 32.2. The van der Waals surface area contributed by atoms with Crippen LogP contribution in [-0.4, -0.2) is 40.8 Å². The first kappa shape index (κ1) is 18.1. The molecule has 1 fully saturated rings. The molecule has 1 aliphatic heterocycles. The first-order chi connectivity index (χ1) is 13.1. The summed E-state index contributed by atoms with van der Waals surface area (Å²) in [4.78, 5) is 1.07. The van der Waals surface area contributed by atoms with Gasteiger partial charge in [-0.15, -0.1) is 16.4 Å². The Morgan fingerprint density at radius 3 is 2.67 bits per heavy atom. The largest absolute Gasteiger partial charge is 0.487 e. The third kappa shape index (κ3) is 3.76. The van der Waals surface area contributed by atoms with Crippen molar-refractivity contribution in [2.45, 2.75) is 30.2 Å². The highest BCUT2D eigenvalue weighted by molar-refractivity contribution is 7.91. The van der Waals surface area contributed by atoms with Gasteiger partial charge in [0.25, 0.3) is 10.0 Å². The molecule has 0 amide bonds. The third-order valence-electron chi connectivity index (χ3n) is 4.47. The summed E-state index contributed by atoms with van der Waals surface area (Å²) in [6.07, 6.45) is 2.66. The van der Waals surface area contributed by atoms with Crippen molar-refractivity contribution in [3.8, 4) is 5.75 Å². The van der Waals surface area contributed by atoms with Gasteiger partial charge in [0, 0.05) is 18.0 Å². The number of benzene rings is 1. The number of nitrogens with zero attached hydrogens (tertiary/aromatic N) is 4. The minimum Gasteiger partial charge on any atom is -0.487 e. The Morgan fingerprint density at radius 2 is 1.96 bits per heavy atom. The summed E-state index contributed by atoms with van der Waals surface area (Å²) in [5, 5.41) is 8.24. The zero-order valence-electron chi connectivity index (χ0n) is 14.9. The lowest BCUT2D eigenvalue weighted by Crippen LogP contribution is -2.50. The molecule has 0 aliphatic carbocycles. The van der Waals surface area contributed by atoms with E-state index in [9.17, 15) is 8.42 Å². The summed E-state index contributed by atoms with van der Waals surface area (Å²) in [5.74, 6) is 0.773. The van der Waals surface area contributed by atoms with Gasteiger partial charge < -0.3 is 4.74 Å². The van der Waals surface area contributed by atoms with E-state index in [2.05, 4.69) is 10.3 Å². The number of aryl methyl sites for hydroxylation is 1. The lowest BCUT2D eigenvalue weighted by molar-refractivity contribution is 0.189. The Bertz CT molecular complexity index is 1010. The Labute approximate surface area is 162 Å². The number of thiophene rings is 1. The van der Waals surface area contributed by atoms with E-state index in [1.807, 2.05) is 49.5 Å². The molecule has 9 heteroatoms. The van der Waals surface area contributed by atoms with Gasteiger partial charge in [0.15, 0.2) is 0 Å². The first-order valence-electron chi connectivity index (χ1n) is 8.73. The van der Waals surface area contributed by atoms with Crippen LogP contribution in [0.2, 0.25) is 0 Å². The van der Waals surface area contributed by atoms with Crippen molar-refractivity contribution in [3.05, 3.63) is 59.2 Å². The van der Waals surface area contributed by atoms with E-state index in [0.29, 0.717) is 29.6 Å². The molecular weight excluding hydrogens is 384 g/mol. The van der Waals surface area contributed by atoms with Crippen LogP contribution in [0.3, 0.4) is 0 Å². The van der Waals surface area contributed by atoms with Gasteiger partial charge in [-0.25, -0.2) is 13.1 Å². The normalized spacial score (nSPS) is 15.6. The number of hydrogen-bond acceptors (Lipinski definition) is 6. The average molecular weight is 405 g/mol. The molecule has 0 bridgehead atoms. The fourth-order valence-corrected chi connectivity index (χ4v) is 5.79. The highest BCUT2D eigenvalue weighted by Gasteiger charge is 2.39. The van der Waals surface area contributed by atoms with E-state index < -0.39 is 10.0 Å². The van der Waals surface area contributed by atoms with E-state index in [1.165, 1.54) is 15.6 Å². The quantitative estimate of drug-likeness (QED) is 0.605. The molecular formula is C18H20N4O3S2. The van der Waals surface area contributed by atoms with E-state index in [1.54, 1.807) is 10.7 Å². The molecule has 0 saturated carbocycles. The number of sulfonamides is 1. The monoisotopic (exact) mass is 404 g/mol. The summed E-state index contributed by atoms with van der Waals surface area (Å²) in [6.45, 7) is 3.16. The van der Waals surface area contributed by atoms with Crippen molar-refractivity contribution < 1.29 is 13.2 Å². The highest BCUT2D eigenvalue weighted by Crippen LogP contribution is 2.31. The van der Waals surface area contributed by atoms with Gasteiger partial charge >= 0.3 is 0 Å². The molecule has 0 radical (unpaired) electrons. The van der Waals surface area contributed by atoms with Crippen LogP contribution < -0.4 is 4.74 Å². The van der Waals surface area contributed by atoms with Gasteiger partial charge in [-0.1, -0.05) is 30.3 Å². The van der Waals surface area contributed by atoms with Crippen LogP contribution in [-0.2, 0) is 23.1 Å². The summed E-state index contributed by atoms with van der Waals surface area (Å²) >= 11 is 1.34. The molecule has 7 nitrogen and oxygen atoms in total. The van der Waals surface area contributed by atoms with E-state index >= 15 is 0 Å². The van der Waals surface area contributed by atoms with Gasteiger partial charge in [0.05, 0.1) is 12.2 Å². The molecule has 4 rings (SSSR count). The van der Waals surface area contributed by atoms with Crippen LogP contribution >= 0.6 is 11.3 Å². The topological polar surface area (TPSA) is 77.3 Å². The van der Waals surface area contributed by atoms with Crippen LogP contribution in [0.4, 0.5) is 0 Å². The van der Waals surface area contributed by atoms with Crippen LogP contribution in [0, 0.1) is 0 Å². The number of rotatable bonds is 7. The van der Waals surface area contributed by atoms with Gasteiger partial charge in [0.2, 0.25) is 0 Å². The fourth-order valence-electron chi connectivity index (χ4n) is 2.83. The van der Waals surface area contributed by atoms with E-state index in [4.69, 9.17) is 4.74 Å². The second-order valence-electron chi connectivity index (χ2n) is 6.34. The van der Waals surface area contributed by atoms with Crippen molar-refractivity contribution in [1.29, 1.82) is 0 Å². The van der Waals surface area contributed by atoms with E-state index in [0.717, 1.165) is 17.0 Å². The maximum absolute atomic E-state index is 12.7. The van der Waals surface area contributed by atoms with Crippen molar-refractivity contribution in [1.82, 2.24) is 19.3 Å². The standard InChI is InChI=1S/C18H20N4O3S2/c1-2-17-8-9-18(26-17)27(23,24)21-11-15(12-21)22-10-14(19-20-22)13-25-16-6-4-3-5-7-16/h3-10,15H,2,11-13H2,1H3. The van der Waals surface area contributed by atoms with Gasteiger partial charge in [-0.05, 0) is 30.7 Å². The molecule has 1 aliphatic rings. The molecule has 3 heterocycles. The molecule has 0 atom stereocenters. The molecule has 1 aromatic carbocycles. The number of aromatic nitrogens is 3. The summed E-state index contributed by atoms with van der Waals surface area (Å²) in [6, 6.07) is 13.1. The second-order valence-corrected chi connectivity index (χ2v) is 9.67. The van der Waals surface area contributed by atoms with Crippen molar-refractivity contribution in [3.63, 3.8) is 0 Å². The van der Waals surface area contributed by atoms with Gasteiger partial charge in [-0.2, -0.15) is 4.31 Å². The summed E-state index contributed by atoms with van der Waals surface area (Å²) < 4.78 is 34.6. The SMILES string of the molecule is CCc1ccc(S(=O)(=O)N2CC(n3cc(COc4ccccc4)nn3)C2)s1. The summed E-state index contributed by atoms with van der Waals surface area (Å²) in [5.41, 5.74) is 0.714. The molecule has 2 aromatic heterocycles. The lowest BCUT2D eigenvalue weighted by atomic mass is 10.2. The molecule has 0 N–H and O–H groups in total. The lowest BCUT2D eigenvalue weighted by Gasteiger charge is -2.37. The Kier molecular flexibility index (Phi) is 4.98. The maximum Gasteiger partial charge on any atom is 0.252 e. The minimum atomic E-state index is -3.41. The third-order valence-corrected chi connectivity index (χ3v) is 8.00. The minimum absolute atomic E-state index is 0.00311. The van der Waals surface area contributed by atoms with Crippen LogP contribution in [0.25, 0.3) is 0 Å². The Morgan fingerprint density at radius 1 is 1.19 bits per heavy atom. The van der Waals surface area contributed by atoms with Crippen LogP contribution in [0.5, 0.6) is 5.75 Å². The van der Waals surface area contributed by atoms with Gasteiger partial charge in [0.1, 0.15) is 22.3 Å². The van der Waals surface area contributed by atoms with Crippen LogP contribution in [0.1, 0.15) is 23.5 Å². The number of hydrogen-bond donors (Lipinski definition) is 0. The maximum atomic E-state index is 12.7. The predicted octanol–water partition coefficient (Wildman–Crippen LogP) is 2.73. The zero-order chi connectivity index (χ0) is 18.9. The van der Waals surface area contributed by atoms with Crippen molar-refractivity contribution >= 4 is 21.4 Å². The molecule has 0 spiro atoms. The Balaban J connectivity index is 1.35. The van der Waals surface area contributed by atoms with Crippen LogP contribution in [0.15, 0.2) is 52.9 Å². The molecule has 0 unspecified atom stereocenters. The average Bonchev–Trinajstić information content (AvgIpc) is 3.29. The molecule has 1 saturated heterocycles. The second kappa shape index (κ2) is 7.41. The smallest absolute Gasteiger partial charge is 0.252 e. The fraction of sp³-hybridized carbons (Fsp3) is 0.333. The Hall–Kier alpha value is -2.23. The van der Waals surface area contributed by atoms with Crippen molar-refractivity contribution in [2.75, 3.05) is 13.1 Å². The predicted molar refractivity (Wildman–Crippen MR) is 102 cm³/mol. The molecule has 3 aromatic rings. The molecule has 27 heavy (non-hydrogen) atoms. The van der Waals surface area contributed by atoms with E-state index in [-0.39, 0.29) is 6.04 Å². The zero-order valence-corrected chi connectivity index (χ0v) is 16.5. The first-order valence-corrected chi connectivity index (χ1v) is 11.0.